The first-order chi connectivity index (χ1) is 12.2. The zero-order valence-corrected chi connectivity index (χ0v) is 15.0. The van der Waals surface area contributed by atoms with Crippen LogP contribution < -0.4 is 11.5 Å². The second-order valence-electron chi connectivity index (χ2n) is 6.46. The van der Waals surface area contributed by atoms with Gasteiger partial charge in [0.25, 0.3) is 0 Å². The van der Waals surface area contributed by atoms with Gasteiger partial charge >= 0.3 is 0 Å². The zero-order valence-electron chi connectivity index (χ0n) is 15.0. The van der Waals surface area contributed by atoms with Gasteiger partial charge in [0.05, 0.1) is 11.4 Å². The van der Waals surface area contributed by atoms with Crippen molar-refractivity contribution in [3.05, 3.63) is 72.3 Å². The highest BCUT2D eigenvalue weighted by atomic mass is 14.7. The molecule has 0 atom stereocenters. The molecule has 3 rings (SSSR count). The summed E-state index contributed by atoms with van der Waals surface area (Å²) in [6, 6.07) is 22.9. The van der Waals surface area contributed by atoms with Gasteiger partial charge in [-0.25, -0.2) is 0 Å². The maximum atomic E-state index is 6.48. The third kappa shape index (κ3) is 3.25. The summed E-state index contributed by atoms with van der Waals surface area (Å²) in [7, 11) is 0. The minimum atomic E-state index is 0.459. The highest BCUT2D eigenvalue weighted by Gasteiger charge is 2.21. The smallest absolute Gasteiger partial charge is 0.0633 e. The van der Waals surface area contributed by atoms with Gasteiger partial charge in [0.15, 0.2) is 0 Å². The van der Waals surface area contributed by atoms with E-state index in [9.17, 15) is 0 Å². The van der Waals surface area contributed by atoms with E-state index in [0.717, 1.165) is 24.0 Å². The van der Waals surface area contributed by atoms with Crippen LogP contribution in [0.15, 0.2) is 66.7 Å². The normalized spacial score (nSPS) is 11.0. The molecule has 0 spiro atoms. The average molecular weight is 330 g/mol. The van der Waals surface area contributed by atoms with E-state index in [2.05, 4.69) is 56.3 Å². The van der Waals surface area contributed by atoms with E-state index in [-0.39, 0.29) is 0 Å². The largest absolute Gasteiger partial charge is 0.397 e. The molecule has 0 heterocycles. The molecule has 0 saturated carbocycles. The van der Waals surface area contributed by atoms with Crippen LogP contribution in [0.1, 0.15) is 38.2 Å². The van der Waals surface area contributed by atoms with Crippen LogP contribution in [0, 0.1) is 0 Å². The number of hydrogen-bond acceptors (Lipinski definition) is 2. The molecule has 0 aromatic heterocycles. The summed E-state index contributed by atoms with van der Waals surface area (Å²) in [5.41, 5.74) is 20.0. The molecule has 0 aliphatic heterocycles. The average Bonchev–Trinajstić information content (AvgIpc) is 2.66. The van der Waals surface area contributed by atoms with E-state index in [1.807, 2.05) is 24.3 Å². The zero-order chi connectivity index (χ0) is 17.8. The van der Waals surface area contributed by atoms with Gasteiger partial charge < -0.3 is 11.5 Å². The van der Waals surface area contributed by atoms with Crippen molar-refractivity contribution in [3.63, 3.8) is 0 Å². The topological polar surface area (TPSA) is 52.0 Å². The number of benzene rings is 3. The van der Waals surface area contributed by atoms with Crippen molar-refractivity contribution < 1.29 is 0 Å². The second-order valence-corrected chi connectivity index (χ2v) is 6.46. The first-order valence-corrected chi connectivity index (χ1v) is 9.00. The van der Waals surface area contributed by atoms with E-state index in [0.29, 0.717) is 17.3 Å². The predicted octanol–water partition coefficient (Wildman–Crippen LogP) is 6.09. The molecule has 4 N–H and O–H groups in total. The maximum Gasteiger partial charge on any atom is 0.0633 e. The van der Waals surface area contributed by atoms with Crippen molar-refractivity contribution in [1.29, 1.82) is 0 Å². The summed E-state index contributed by atoms with van der Waals surface area (Å²) >= 11 is 0. The lowest BCUT2D eigenvalue weighted by atomic mass is 9.82. The van der Waals surface area contributed by atoms with E-state index in [4.69, 9.17) is 11.5 Å². The van der Waals surface area contributed by atoms with E-state index < -0.39 is 0 Å². The third-order valence-electron chi connectivity index (χ3n) is 4.98. The van der Waals surface area contributed by atoms with Gasteiger partial charge in [-0.15, -0.1) is 0 Å². The highest BCUT2D eigenvalue weighted by Crippen LogP contribution is 2.45. The molecule has 2 heteroatoms. The number of rotatable bonds is 5. The Bertz CT molecular complexity index is 835. The monoisotopic (exact) mass is 330 g/mol. The first kappa shape index (κ1) is 17.1. The Balaban J connectivity index is 2.40. The lowest BCUT2D eigenvalue weighted by Crippen LogP contribution is -2.06. The molecule has 25 heavy (non-hydrogen) atoms. The van der Waals surface area contributed by atoms with Crippen molar-refractivity contribution in [2.75, 3.05) is 11.5 Å². The molecule has 128 valence electrons. The highest BCUT2D eigenvalue weighted by molar-refractivity contribution is 5.97. The fourth-order valence-electron chi connectivity index (χ4n) is 3.61. The van der Waals surface area contributed by atoms with Crippen LogP contribution >= 0.6 is 0 Å². The standard InChI is InChI=1S/C23H26N2/c1-3-16(4-2)19-15-20(24)23(25)22(18-13-9-6-10-14-18)21(19)17-11-7-5-8-12-17/h5-16H,3-4,24-25H2,1-2H3. The van der Waals surface area contributed by atoms with Crippen LogP contribution in [0.4, 0.5) is 11.4 Å². The van der Waals surface area contributed by atoms with Gasteiger partial charge in [0, 0.05) is 5.56 Å². The van der Waals surface area contributed by atoms with Crippen LogP contribution in [0.2, 0.25) is 0 Å². The summed E-state index contributed by atoms with van der Waals surface area (Å²) in [5.74, 6) is 0.459. The molecule has 0 aliphatic rings. The fourth-order valence-corrected chi connectivity index (χ4v) is 3.61. The molecule has 0 unspecified atom stereocenters. The van der Waals surface area contributed by atoms with Gasteiger partial charge in [-0.05, 0) is 47.1 Å². The van der Waals surface area contributed by atoms with Gasteiger partial charge in [0.2, 0.25) is 0 Å². The molecule has 0 amide bonds. The number of anilines is 2. The first-order valence-electron chi connectivity index (χ1n) is 9.00. The van der Waals surface area contributed by atoms with Crippen molar-refractivity contribution in [2.45, 2.75) is 32.6 Å². The van der Waals surface area contributed by atoms with Crippen molar-refractivity contribution in [2.24, 2.45) is 0 Å². The summed E-state index contributed by atoms with van der Waals surface area (Å²) in [6.45, 7) is 4.47. The predicted molar refractivity (Wildman–Crippen MR) is 109 cm³/mol. The van der Waals surface area contributed by atoms with Crippen molar-refractivity contribution in [3.8, 4) is 22.3 Å². The number of hydrogen-bond donors (Lipinski definition) is 2. The maximum absolute atomic E-state index is 6.48. The van der Waals surface area contributed by atoms with Gasteiger partial charge in [-0.3, -0.25) is 0 Å². The summed E-state index contributed by atoms with van der Waals surface area (Å²) < 4.78 is 0. The van der Waals surface area contributed by atoms with Crippen LogP contribution in [-0.4, -0.2) is 0 Å². The summed E-state index contributed by atoms with van der Waals surface area (Å²) in [6.07, 6.45) is 2.15. The van der Waals surface area contributed by atoms with Crippen molar-refractivity contribution >= 4 is 11.4 Å². The Hall–Kier alpha value is -2.74. The van der Waals surface area contributed by atoms with E-state index >= 15 is 0 Å². The van der Waals surface area contributed by atoms with Crippen molar-refractivity contribution in [1.82, 2.24) is 0 Å². The Morgan fingerprint density at radius 2 is 1.20 bits per heavy atom. The van der Waals surface area contributed by atoms with Gasteiger partial charge in [-0.2, -0.15) is 0 Å². The lowest BCUT2D eigenvalue weighted by molar-refractivity contribution is 0.644. The fraction of sp³-hybridized carbons (Fsp3) is 0.217. The quantitative estimate of drug-likeness (QED) is 0.556. The van der Waals surface area contributed by atoms with Gasteiger partial charge in [0.1, 0.15) is 0 Å². The Morgan fingerprint density at radius 3 is 1.68 bits per heavy atom. The molecular weight excluding hydrogens is 304 g/mol. The Labute approximate surface area is 150 Å². The third-order valence-corrected chi connectivity index (χ3v) is 4.98. The molecule has 0 aliphatic carbocycles. The minimum Gasteiger partial charge on any atom is -0.397 e. The van der Waals surface area contributed by atoms with Gasteiger partial charge in [-0.1, -0.05) is 74.5 Å². The molecular formula is C23H26N2. The second kappa shape index (κ2) is 7.43. The lowest BCUT2D eigenvalue weighted by Gasteiger charge is -2.24. The van der Waals surface area contributed by atoms with Crippen LogP contribution in [0.25, 0.3) is 22.3 Å². The summed E-state index contributed by atoms with van der Waals surface area (Å²) in [5, 5.41) is 0. The molecule has 0 radical (unpaired) electrons. The summed E-state index contributed by atoms with van der Waals surface area (Å²) in [4.78, 5) is 0. The Morgan fingerprint density at radius 1 is 0.720 bits per heavy atom. The Kier molecular flexibility index (Phi) is 5.08. The molecule has 0 saturated heterocycles. The molecule has 0 bridgehead atoms. The molecule has 2 nitrogen and oxygen atoms in total. The van der Waals surface area contributed by atoms with Crippen LogP contribution in [0.5, 0.6) is 0 Å². The number of nitrogen functional groups attached to an aromatic ring is 2. The molecule has 0 fully saturated rings. The van der Waals surface area contributed by atoms with Crippen LogP contribution in [-0.2, 0) is 0 Å². The molecule has 3 aromatic carbocycles. The van der Waals surface area contributed by atoms with Crippen LogP contribution in [0.3, 0.4) is 0 Å². The molecule has 3 aromatic rings. The van der Waals surface area contributed by atoms with E-state index in [1.54, 1.807) is 0 Å². The van der Waals surface area contributed by atoms with E-state index in [1.165, 1.54) is 16.7 Å². The number of nitrogens with two attached hydrogens (primary N) is 2. The SMILES string of the molecule is CCC(CC)c1cc(N)c(N)c(-c2ccccc2)c1-c1ccccc1. The minimum absolute atomic E-state index is 0.459.